The van der Waals surface area contributed by atoms with Gasteiger partial charge in [0.15, 0.2) is 0 Å². The number of aryl methyl sites for hydroxylation is 1. The first-order valence-corrected chi connectivity index (χ1v) is 14.9. The maximum Gasteiger partial charge on any atom is 0.292 e. The quantitative estimate of drug-likeness (QED) is 0.345. The van der Waals surface area contributed by atoms with Gasteiger partial charge in [0, 0.05) is 55.6 Å². The summed E-state index contributed by atoms with van der Waals surface area (Å²) in [5.74, 6) is -3.24. The molecule has 1 aliphatic heterocycles. The predicted octanol–water partition coefficient (Wildman–Crippen LogP) is 3.57. The molecule has 1 aromatic heterocycles. The number of fused-ring (bicyclic) bond motifs is 1. The summed E-state index contributed by atoms with van der Waals surface area (Å²) in [5, 5.41) is -0.618. The molecule has 1 aromatic rings. The summed E-state index contributed by atoms with van der Waals surface area (Å²) in [6.07, 6.45) is 12.1. The number of aromatic nitrogens is 1. The molecule has 2 heterocycles. The van der Waals surface area contributed by atoms with Crippen LogP contribution >= 0.6 is 0 Å². The van der Waals surface area contributed by atoms with Crippen molar-refractivity contribution in [2.24, 2.45) is 0 Å². The molecule has 1 saturated heterocycles. The second kappa shape index (κ2) is 12.2. The Kier molecular flexibility index (Phi) is 9.18. The molecule has 3 aliphatic rings. The summed E-state index contributed by atoms with van der Waals surface area (Å²) >= 11 is 0. The first kappa shape index (κ1) is 28.6. The largest absolute Gasteiger partial charge is 0.326 e. The fourth-order valence-corrected chi connectivity index (χ4v) is 6.50. The molecule has 0 aromatic carbocycles. The van der Waals surface area contributed by atoms with E-state index in [-0.39, 0.29) is 5.56 Å². The van der Waals surface area contributed by atoms with Gasteiger partial charge in [-0.1, -0.05) is 36.0 Å². The van der Waals surface area contributed by atoms with Crippen molar-refractivity contribution in [2.75, 3.05) is 46.3 Å². The Morgan fingerprint density at radius 3 is 2.66 bits per heavy atom. The van der Waals surface area contributed by atoms with Crippen molar-refractivity contribution in [1.29, 1.82) is 0 Å². The van der Waals surface area contributed by atoms with Gasteiger partial charge in [0.1, 0.15) is 0 Å². The molecular formula is C28H38F2N4O3S. The molecule has 7 nitrogen and oxygen atoms in total. The van der Waals surface area contributed by atoms with Gasteiger partial charge in [0.05, 0.1) is 5.25 Å². The first-order chi connectivity index (χ1) is 18.1. The van der Waals surface area contributed by atoms with Crippen LogP contribution in [0.25, 0.3) is 6.08 Å². The van der Waals surface area contributed by atoms with Crippen LogP contribution in [0, 0.1) is 0 Å². The maximum atomic E-state index is 14.7. The van der Waals surface area contributed by atoms with Crippen molar-refractivity contribution in [2.45, 2.75) is 50.2 Å². The Morgan fingerprint density at radius 1 is 1.21 bits per heavy atom. The molecule has 0 bridgehead atoms. The van der Waals surface area contributed by atoms with Gasteiger partial charge < -0.3 is 14.8 Å². The van der Waals surface area contributed by atoms with Crippen LogP contribution in [-0.4, -0.2) is 74.8 Å². The zero-order valence-corrected chi connectivity index (χ0v) is 23.0. The maximum absolute atomic E-state index is 14.7. The fourth-order valence-electron chi connectivity index (χ4n) is 5.23. The average Bonchev–Trinajstić information content (AvgIpc) is 2.88. The van der Waals surface area contributed by atoms with Crippen molar-refractivity contribution in [3.63, 3.8) is 0 Å². The standard InChI is InChI=1S/C28H38F2N4O3S/c1-3-11-28(29,30)25-20-27(35)32-26-10-7-22(19-24(25)26)18-21-5-8-23(9-6-21)38(36,37)31-12-4-13-34-16-14-33(2)15-17-34/h3,5-6,8,11,19-20,23,31H,4,7,9-10,12-18H2,1-2H3,(H,32,35)/b11-3+. The second-order valence-corrected chi connectivity index (χ2v) is 12.4. The minimum Gasteiger partial charge on any atom is -0.326 e. The molecule has 1 atom stereocenters. The summed E-state index contributed by atoms with van der Waals surface area (Å²) in [5.41, 5.74) is 2.02. The molecule has 208 valence electrons. The highest BCUT2D eigenvalue weighted by molar-refractivity contribution is 7.90. The van der Waals surface area contributed by atoms with E-state index in [4.69, 9.17) is 0 Å². The van der Waals surface area contributed by atoms with Crippen LogP contribution in [0.3, 0.4) is 0 Å². The number of hydrogen-bond donors (Lipinski definition) is 2. The van der Waals surface area contributed by atoms with Crippen molar-refractivity contribution >= 4 is 16.1 Å². The van der Waals surface area contributed by atoms with E-state index in [9.17, 15) is 22.0 Å². The number of alkyl halides is 2. The summed E-state index contributed by atoms with van der Waals surface area (Å²) in [7, 11) is -1.36. The lowest BCUT2D eigenvalue weighted by Gasteiger charge is -2.32. The SMILES string of the molecule is C/C=C/C(F)(F)c1cc(=O)[nH]c2c1C=C(CC1=CCC(S(=O)(=O)NCCCN3CCN(C)CC3)C=C1)CC2. The van der Waals surface area contributed by atoms with Crippen LogP contribution < -0.4 is 10.3 Å². The molecule has 0 saturated carbocycles. The zero-order chi connectivity index (χ0) is 27.3. The lowest BCUT2D eigenvalue weighted by molar-refractivity contribution is 0.0514. The van der Waals surface area contributed by atoms with Crippen molar-refractivity contribution in [1.82, 2.24) is 19.5 Å². The van der Waals surface area contributed by atoms with E-state index >= 15 is 0 Å². The number of allylic oxidation sites excluding steroid dienone is 6. The van der Waals surface area contributed by atoms with E-state index in [0.29, 0.717) is 43.5 Å². The van der Waals surface area contributed by atoms with Crippen molar-refractivity contribution in [3.05, 3.63) is 74.8 Å². The fraction of sp³-hybridized carbons (Fsp3) is 0.536. The lowest BCUT2D eigenvalue weighted by atomic mass is 9.87. The number of H-pyrrole nitrogens is 1. The second-order valence-electron chi connectivity index (χ2n) is 10.4. The Balaban J connectivity index is 1.34. The summed E-state index contributed by atoms with van der Waals surface area (Å²) in [6.45, 7) is 6.94. The highest BCUT2D eigenvalue weighted by Crippen LogP contribution is 2.37. The molecule has 0 spiro atoms. The van der Waals surface area contributed by atoms with Crippen LogP contribution in [-0.2, 0) is 22.4 Å². The van der Waals surface area contributed by atoms with Crippen LogP contribution in [0.5, 0.6) is 0 Å². The number of hydrogen-bond acceptors (Lipinski definition) is 5. The van der Waals surface area contributed by atoms with Crippen LogP contribution in [0.2, 0.25) is 0 Å². The number of nitrogens with zero attached hydrogens (tertiary/aromatic N) is 2. The van der Waals surface area contributed by atoms with Gasteiger partial charge in [-0.25, -0.2) is 13.1 Å². The molecule has 1 fully saturated rings. The lowest BCUT2D eigenvalue weighted by Crippen LogP contribution is -2.45. The monoisotopic (exact) mass is 548 g/mol. The van der Waals surface area contributed by atoms with Crippen LogP contribution in [0.1, 0.15) is 49.4 Å². The minimum absolute atomic E-state index is 0.287. The number of sulfonamides is 1. The highest BCUT2D eigenvalue weighted by atomic mass is 32.2. The Labute approximate surface area is 224 Å². The van der Waals surface area contributed by atoms with Crippen molar-refractivity contribution in [3.8, 4) is 0 Å². The zero-order valence-electron chi connectivity index (χ0n) is 22.2. The average molecular weight is 549 g/mol. The molecular weight excluding hydrogens is 510 g/mol. The van der Waals surface area contributed by atoms with Gasteiger partial charge in [-0.2, -0.15) is 8.78 Å². The number of likely N-dealkylation sites (N-methyl/N-ethyl adjacent to an activating group) is 1. The summed E-state index contributed by atoms with van der Waals surface area (Å²) in [6, 6.07) is 0.978. The number of aromatic amines is 1. The number of pyridine rings is 1. The van der Waals surface area contributed by atoms with Gasteiger partial charge in [-0.15, -0.1) is 0 Å². The smallest absolute Gasteiger partial charge is 0.292 e. The number of rotatable bonds is 10. The van der Waals surface area contributed by atoms with E-state index in [1.807, 2.05) is 12.2 Å². The third kappa shape index (κ3) is 7.16. The normalized spacial score (nSPS) is 21.4. The van der Waals surface area contributed by atoms with Crippen LogP contribution in [0.15, 0.2) is 52.4 Å². The summed E-state index contributed by atoms with van der Waals surface area (Å²) in [4.78, 5) is 19.3. The molecule has 4 rings (SSSR count). The van der Waals surface area contributed by atoms with Gasteiger partial charge in [0.2, 0.25) is 15.6 Å². The number of nitrogens with one attached hydrogen (secondary N) is 2. The molecule has 2 N–H and O–H groups in total. The van der Waals surface area contributed by atoms with E-state index < -0.39 is 26.8 Å². The molecule has 2 aliphatic carbocycles. The van der Waals surface area contributed by atoms with Gasteiger partial charge in [0.25, 0.3) is 5.92 Å². The van der Waals surface area contributed by atoms with Gasteiger partial charge >= 0.3 is 0 Å². The van der Waals surface area contributed by atoms with E-state index in [2.05, 4.69) is 26.6 Å². The topological polar surface area (TPSA) is 85.5 Å². The van der Waals surface area contributed by atoms with Gasteiger partial charge in [-0.3, -0.25) is 4.79 Å². The molecule has 10 heteroatoms. The highest BCUT2D eigenvalue weighted by Gasteiger charge is 2.33. The van der Waals surface area contributed by atoms with Crippen molar-refractivity contribution < 1.29 is 17.2 Å². The third-order valence-corrected chi connectivity index (χ3v) is 9.22. The Morgan fingerprint density at radius 2 is 1.97 bits per heavy atom. The van der Waals surface area contributed by atoms with Gasteiger partial charge in [-0.05, 0) is 64.3 Å². The molecule has 0 amide bonds. The van der Waals surface area contributed by atoms with E-state index in [1.54, 1.807) is 12.2 Å². The third-order valence-electron chi connectivity index (χ3n) is 7.46. The number of halogens is 2. The van der Waals surface area contributed by atoms with Crippen LogP contribution in [0.4, 0.5) is 8.78 Å². The minimum atomic E-state index is -3.47. The Hall–Kier alpha value is -2.40. The van der Waals surface area contributed by atoms with E-state index in [0.717, 1.165) is 62.4 Å². The predicted molar refractivity (Wildman–Crippen MR) is 148 cm³/mol. The molecule has 38 heavy (non-hydrogen) atoms. The molecule has 1 unspecified atom stereocenters. The van der Waals surface area contributed by atoms with E-state index in [1.165, 1.54) is 13.0 Å². The Bertz CT molecular complexity index is 1290. The summed E-state index contributed by atoms with van der Waals surface area (Å²) < 4.78 is 57.8. The molecule has 0 radical (unpaired) electrons. The first-order valence-electron chi connectivity index (χ1n) is 13.3. The number of piperazine rings is 1.